The van der Waals surface area contributed by atoms with Crippen LogP contribution in [0.1, 0.15) is 17.3 Å². The first-order valence-electron chi connectivity index (χ1n) is 6.51. The van der Waals surface area contributed by atoms with E-state index in [1.807, 2.05) is 19.2 Å². The predicted octanol–water partition coefficient (Wildman–Crippen LogP) is 0.142. The number of aryl methyl sites for hydroxylation is 1. The minimum atomic E-state index is 0.154. The number of rotatable bonds is 4. The van der Waals surface area contributed by atoms with Crippen molar-refractivity contribution in [2.45, 2.75) is 13.0 Å². The normalized spacial score (nSPS) is 19.9. The quantitative estimate of drug-likeness (QED) is 0.795. The Morgan fingerprint density at radius 2 is 2.06 bits per heavy atom. The summed E-state index contributed by atoms with van der Waals surface area (Å²) in [6.07, 6.45) is 1.91. The molecule has 0 saturated carbocycles. The Morgan fingerprint density at radius 1 is 1.33 bits per heavy atom. The van der Waals surface area contributed by atoms with Crippen LogP contribution in [0, 0.1) is 6.92 Å². The molecule has 1 fully saturated rings. The van der Waals surface area contributed by atoms with Crippen LogP contribution < -0.4 is 11.2 Å². The van der Waals surface area contributed by atoms with Crippen molar-refractivity contribution in [3.63, 3.8) is 0 Å². The number of nitrogens with two attached hydrogens (primary N) is 1. The van der Waals surface area contributed by atoms with Crippen LogP contribution in [0.4, 0.5) is 0 Å². The fourth-order valence-corrected chi connectivity index (χ4v) is 2.10. The maximum absolute atomic E-state index is 5.86. The van der Waals surface area contributed by atoms with E-state index < -0.39 is 0 Å². The summed E-state index contributed by atoms with van der Waals surface area (Å²) >= 11 is 0. The molecule has 0 spiro atoms. The molecule has 1 aromatic rings. The summed E-state index contributed by atoms with van der Waals surface area (Å²) < 4.78 is 0. The van der Waals surface area contributed by atoms with Crippen molar-refractivity contribution in [1.82, 2.24) is 20.3 Å². The summed E-state index contributed by atoms with van der Waals surface area (Å²) in [5, 5.41) is 2.26. The summed E-state index contributed by atoms with van der Waals surface area (Å²) in [6.45, 7) is 6.83. The van der Waals surface area contributed by atoms with Gasteiger partial charge in [0.2, 0.25) is 0 Å². The lowest BCUT2D eigenvalue weighted by atomic mass is 10.1. The van der Waals surface area contributed by atoms with E-state index in [1.54, 1.807) is 0 Å². The molecule has 1 saturated heterocycles. The lowest BCUT2D eigenvalue weighted by Gasteiger charge is -2.35. The maximum atomic E-state index is 5.86. The molecule has 5 heteroatoms. The summed E-state index contributed by atoms with van der Waals surface area (Å²) in [7, 11) is 2.15. The van der Waals surface area contributed by atoms with Crippen LogP contribution in [0.3, 0.4) is 0 Å². The van der Waals surface area contributed by atoms with Crippen molar-refractivity contribution in [2.24, 2.45) is 5.73 Å². The predicted molar refractivity (Wildman–Crippen MR) is 73.0 cm³/mol. The van der Waals surface area contributed by atoms with Gasteiger partial charge in [0.05, 0.1) is 6.04 Å². The first kappa shape index (κ1) is 13.4. The number of hydrogen-bond donors (Lipinski definition) is 2. The average molecular weight is 249 g/mol. The molecular formula is C13H23N5. The van der Waals surface area contributed by atoms with Gasteiger partial charge in [-0.3, -0.25) is 4.98 Å². The molecule has 1 aliphatic rings. The molecule has 3 N–H and O–H groups in total. The van der Waals surface area contributed by atoms with Crippen LogP contribution in [-0.4, -0.2) is 54.7 Å². The lowest BCUT2D eigenvalue weighted by molar-refractivity contribution is 0.0879. The van der Waals surface area contributed by atoms with E-state index in [9.17, 15) is 0 Å². The second-order valence-corrected chi connectivity index (χ2v) is 4.94. The zero-order chi connectivity index (χ0) is 13.0. The van der Waals surface area contributed by atoms with Crippen molar-refractivity contribution in [2.75, 3.05) is 39.8 Å². The Balaban J connectivity index is 1.94. The fourth-order valence-electron chi connectivity index (χ4n) is 2.10. The van der Waals surface area contributed by atoms with Crippen molar-refractivity contribution in [1.29, 1.82) is 0 Å². The van der Waals surface area contributed by atoms with Gasteiger partial charge >= 0.3 is 0 Å². The van der Waals surface area contributed by atoms with Gasteiger partial charge in [-0.25, -0.2) is 10.4 Å². The van der Waals surface area contributed by atoms with Crippen molar-refractivity contribution >= 4 is 0 Å². The van der Waals surface area contributed by atoms with Crippen molar-refractivity contribution in [3.8, 4) is 0 Å². The number of piperazine rings is 1. The molecule has 0 aliphatic carbocycles. The van der Waals surface area contributed by atoms with Gasteiger partial charge in [0.15, 0.2) is 0 Å². The van der Waals surface area contributed by atoms with Gasteiger partial charge in [-0.2, -0.15) is 0 Å². The Bertz CT molecular complexity index is 356. The summed E-state index contributed by atoms with van der Waals surface area (Å²) in [4.78, 5) is 6.67. The van der Waals surface area contributed by atoms with Crippen LogP contribution in [0.2, 0.25) is 0 Å². The zero-order valence-corrected chi connectivity index (χ0v) is 11.3. The van der Waals surface area contributed by atoms with Crippen molar-refractivity contribution in [3.05, 3.63) is 29.6 Å². The number of pyridine rings is 1. The molecule has 100 valence electrons. The standard InChI is InChI=1S/C13H23N5/c1-11-3-4-12(10-15-11)13(9-14)16-18-7-5-17(2)6-8-18/h3-4,10,13,16H,5-9,14H2,1-2H3. The highest BCUT2D eigenvalue weighted by Crippen LogP contribution is 2.12. The van der Waals surface area contributed by atoms with Crippen molar-refractivity contribution < 1.29 is 0 Å². The number of hydrazine groups is 1. The first-order chi connectivity index (χ1) is 8.69. The van der Waals surface area contributed by atoms with E-state index >= 15 is 0 Å². The maximum Gasteiger partial charge on any atom is 0.0602 e. The van der Waals surface area contributed by atoms with Crippen LogP contribution in [0.5, 0.6) is 0 Å². The van der Waals surface area contributed by atoms with Crippen LogP contribution in [-0.2, 0) is 0 Å². The molecule has 0 radical (unpaired) electrons. The smallest absolute Gasteiger partial charge is 0.0602 e. The van der Waals surface area contributed by atoms with E-state index in [0.29, 0.717) is 6.54 Å². The molecule has 5 nitrogen and oxygen atoms in total. The van der Waals surface area contributed by atoms with E-state index in [4.69, 9.17) is 5.73 Å². The average Bonchev–Trinajstić information content (AvgIpc) is 2.39. The summed E-state index contributed by atoms with van der Waals surface area (Å²) in [5.41, 5.74) is 11.6. The number of hydrogen-bond acceptors (Lipinski definition) is 5. The van der Waals surface area contributed by atoms with Gasteiger partial charge in [-0.05, 0) is 25.6 Å². The van der Waals surface area contributed by atoms with E-state index in [0.717, 1.165) is 37.4 Å². The monoisotopic (exact) mass is 249 g/mol. The molecule has 1 aromatic heterocycles. The van der Waals surface area contributed by atoms with Gasteiger partial charge in [0, 0.05) is 44.6 Å². The lowest BCUT2D eigenvalue weighted by Crippen LogP contribution is -2.52. The molecule has 0 bridgehead atoms. The number of nitrogens with one attached hydrogen (secondary N) is 1. The van der Waals surface area contributed by atoms with E-state index in [1.165, 1.54) is 0 Å². The molecule has 2 heterocycles. The second kappa shape index (κ2) is 6.24. The van der Waals surface area contributed by atoms with Crippen LogP contribution >= 0.6 is 0 Å². The Kier molecular flexibility index (Phi) is 4.66. The minimum absolute atomic E-state index is 0.154. The Labute approximate surface area is 109 Å². The summed E-state index contributed by atoms with van der Waals surface area (Å²) in [5.74, 6) is 0. The Hall–Kier alpha value is -1.01. The molecule has 0 aromatic carbocycles. The summed E-state index contributed by atoms with van der Waals surface area (Å²) in [6, 6.07) is 4.29. The van der Waals surface area contributed by atoms with Gasteiger partial charge in [0.1, 0.15) is 0 Å². The second-order valence-electron chi connectivity index (χ2n) is 4.94. The third kappa shape index (κ3) is 3.49. The van der Waals surface area contributed by atoms with Gasteiger partial charge in [0.25, 0.3) is 0 Å². The highest BCUT2D eigenvalue weighted by molar-refractivity contribution is 5.17. The number of nitrogens with zero attached hydrogens (tertiary/aromatic N) is 3. The molecule has 1 atom stereocenters. The van der Waals surface area contributed by atoms with Gasteiger partial charge in [-0.1, -0.05) is 6.07 Å². The SMILES string of the molecule is Cc1ccc(C(CN)NN2CCN(C)CC2)cn1. The van der Waals surface area contributed by atoms with Crippen LogP contribution in [0.25, 0.3) is 0 Å². The fraction of sp³-hybridized carbons (Fsp3) is 0.615. The zero-order valence-electron chi connectivity index (χ0n) is 11.3. The third-order valence-corrected chi connectivity index (χ3v) is 3.41. The molecule has 18 heavy (non-hydrogen) atoms. The largest absolute Gasteiger partial charge is 0.329 e. The molecule has 1 unspecified atom stereocenters. The topological polar surface area (TPSA) is 57.4 Å². The Morgan fingerprint density at radius 3 is 2.61 bits per heavy atom. The van der Waals surface area contributed by atoms with Gasteiger partial charge in [-0.15, -0.1) is 0 Å². The first-order valence-corrected chi connectivity index (χ1v) is 6.51. The van der Waals surface area contributed by atoms with E-state index in [-0.39, 0.29) is 6.04 Å². The highest BCUT2D eigenvalue weighted by atomic mass is 15.5. The minimum Gasteiger partial charge on any atom is -0.329 e. The number of aromatic nitrogens is 1. The third-order valence-electron chi connectivity index (χ3n) is 3.41. The van der Waals surface area contributed by atoms with Crippen LogP contribution in [0.15, 0.2) is 18.3 Å². The van der Waals surface area contributed by atoms with Gasteiger partial charge < -0.3 is 10.6 Å². The number of likely N-dealkylation sites (N-methyl/N-ethyl adjacent to an activating group) is 1. The molecule has 2 rings (SSSR count). The highest BCUT2D eigenvalue weighted by Gasteiger charge is 2.18. The molecular weight excluding hydrogens is 226 g/mol. The van der Waals surface area contributed by atoms with E-state index in [2.05, 4.69) is 33.4 Å². The molecule has 1 aliphatic heterocycles. The molecule has 0 amide bonds.